The minimum absolute atomic E-state index is 0.0294. The molecule has 0 radical (unpaired) electrons. The number of ketones is 1. The summed E-state index contributed by atoms with van der Waals surface area (Å²) < 4.78 is 0. The van der Waals surface area contributed by atoms with Crippen LogP contribution in [0.4, 0.5) is 0 Å². The Hall–Kier alpha value is -1.31. The van der Waals surface area contributed by atoms with Crippen molar-refractivity contribution >= 4 is 5.78 Å². The van der Waals surface area contributed by atoms with Gasteiger partial charge in [-0.3, -0.25) is 4.79 Å². The Bertz CT molecular complexity index is 380. The van der Waals surface area contributed by atoms with Crippen LogP contribution in [0.1, 0.15) is 41.8 Å². The van der Waals surface area contributed by atoms with E-state index in [4.69, 9.17) is 0 Å². The normalized spacial score (nSPS) is 12.5. The lowest BCUT2D eigenvalue weighted by molar-refractivity contribution is 0.0924. The van der Waals surface area contributed by atoms with Gasteiger partial charge in [0.2, 0.25) is 0 Å². The number of carbonyl (C=O) groups is 1. The number of rotatable bonds is 3. The molecule has 0 amide bonds. The number of phenolic OH excluding ortho intramolecular Hbond substituents is 1. The summed E-state index contributed by atoms with van der Waals surface area (Å²) >= 11 is 0. The first-order chi connectivity index (χ1) is 6.97. The highest BCUT2D eigenvalue weighted by molar-refractivity contribution is 6.00. The third-order valence-corrected chi connectivity index (χ3v) is 2.77. The summed E-state index contributed by atoms with van der Waals surface area (Å²) in [6, 6.07) is 3.64. The van der Waals surface area contributed by atoms with Crippen molar-refractivity contribution in [2.45, 2.75) is 34.1 Å². The van der Waals surface area contributed by atoms with E-state index in [-0.39, 0.29) is 17.5 Å². The Morgan fingerprint density at radius 3 is 2.53 bits per heavy atom. The monoisotopic (exact) mass is 206 g/mol. The van der Waals surface area contributed by atoms with Gasteiger partial charge in [-0.15, -0.1) is 0 Å². The number of Topliss-reactive ketones (excluding diaryl/α,β-unsaturated/α-hetero) is 1. The van der Waals surface area contributed by atoms with Crippen LogP contribution < -0.4 is 0 Å². The Labute approximate surface area is 90.9 Å². The zero-order valence-electron chi connectivity index (χ0n) is 9.79. The first-order valence-corrected chi connectivity index (χ1v) is 5.31. The second-order valence-electron chi connectivity index (χ2n) is 4.15. The number of hydrogen-bond acceptors (Lipinski definition) is 2. The molecule has 0 aliphatic carbocycles. The van der Waals surface area contributed by atoms with Crippen LogP contribution in [0.5, 0.6) is 5.75 Å². The van der Waals surface area contributed by atoms with E-state index in [1.165, 1.54) is 0 Å². The van der Waals surface area contributed by atoms with Crippen molar-refractivity contribution in [1.29, 1.82) is 0 Å². The van der Waals surface area contributed by atoms with Crippen LogP contribution in [0.25, 0.3) is 0 Å². The molecule has 0 heterocycles. The van der Waals surface area contributed by atoms with Crippen molar-refractivity contribution in [2.24, 2.45) is 5.92 Å². The molecule has 2 nitrogen and oxygen atoms in total. The Morgan fingerprint density at radius 1 is 1.40 bits per heavy atom. The Kier molecular flexibility index (Phi) is 3.51. The maximum atomic E-state index is 11.9. The summed E-state index contributed by atoms with van der Waals surface area (Å²) in [5, 5.41) is 9.82. The van der Waals surface area contributed by atoms with E-state index in [1.54, 1.807) is 6.07 Å². The lowest BCUT2D eigenvalue weighted by atomic mass is 9.94. The molecule has 2 heteroatoms. The van der Waals surface area contributed by atoms with Gasteiger partial charge < -0.3 is 5.11 Å². The van der Waals surface area contributed by atoms with Gasteiger partial charge in [0.15, 0.2) is 5.78 Å². The van der Waals surface area contributed by atoms with Crippen molar-refractivity contribution < 1.29 is 9.90 Å². The fourth-order valence-electron chi connectivity index (χ4n) is 1.60. The van der Waals surface area contributed by atoms with Gasteiger partial charge in [0.05, 0.1) is 5.56 Å². The van der Waals surface area contributed by atoms with Gasteiger partial charge >= 0.3 is 0 Å². The fraction of sp³-hybridized carbons (Fsp3) is 0.462. The van der Waals surface area contributed by atoms with Crippen molar-refractivity contribution in [3.63, 3.8) is 0 Å². The molecule has 0 aromatic heterocycles. The molecule has 1 aromatic rings. The van der Waals surface area contributed by atoms with E-state index in [2.05, 4.69) is 0 Å². The number of phenols is 1. The van der Waals surface area contributed by atoms with Crippen molar-refractivity contribution in [3.05, 3.63) is 28.8 Å². The van der Waals surface area contributed by atoms with Crippen molar-refractivity contribution in [3.8, 4) is 5.75 Å². The zero-order valence-corrected chi connectivity index (χ0v) is 9.79. The number of carbonyl (C=O) groups excluding carboxylic acids is 1. The van der Waals surface area contributed by atoms with Crippen LogP contribution in [-0.4, -0.2) is 10.9 Å². The Balaban J connectivity index is 3.19. The molecule has 1 aromatic carbocycles. The number of aryl methyl sites for hydroxylation is 2. The van der Waals surface area contributed by atoms with Gasteiger partial charge in [-0.25, -0.2) is 0 Å². The summed E-state index contributed by atoms with van der Waals surface area (Å²) in [5.41, 5.74) is 2.24. The van der Waals surface area contributed by atoms with Gasteiger partial charge in [-0.05, 0) is 37.5 Å². The smallest absolute Gasteiger partial charge is 0.169 e. The molecule has 0 saturated heterocycles. The molecule has 0 saturated carbocycles. The molecule has 82 valence electrons. The lowest BCUT2D eigenvalue weighted by Gasteiger charge is -2.11. The maximum absolute atomic E-state index is 11.9. The topological polar surface area (TPSA) is 37.3 Å². The van der Waals surface area contributed by atoms with E-state index in [0.29, 0.717) is 5.56 Å². The predicted octanol–water partition coefficient (Wildman–Crippen LogP) is 3.24. The predicted molar refractivity (Wildman–Crippen MR) is 61.4 cm³/mol. The van der Waals surface area contributed by atoms with Gasteiger partial charge in [0.1, 0.15) is 5.75 Å². The minimum Gasteiger partial charge on any atom is -0.507 e. The molecule has 15 heavy (non-hydrogen) atoms. The minimum atomic E-state index is -0.0305. The fourth-order valence-corrected chi connectivity index (χ4v) is 1.60. The van der Waals surface area contributed by atoms with E-state index in [1.807, 2.05) is 33.8 Å². The van der Waals surface area contributed by atoms with Gasteiger partial charge in [0.25, 0.3) is 0 Å². The average Bonchev–Trinajstić information content (AvgIpc) is 2.21. The zero-order chi connectivity index (χ0) is 11.6. The summed E-state index contributed by atoms with van der Waals surface area (Å²) in [5.74, 6) is 0.129. The van der Waals surface area contributed by atoms with Crippen LogP contribution in [0.15, 0.2) is 12.1 Å². The lowest BCUT2D eigenvalue weighted by Crippen LogP contribution is -2.11. The largest absolute Gasteiger partial charge is 0.507 e. The molecule has 0 aliphatic heterocycles. The number of hydrogen-bond donors (Lipinski definition) is 1. The van der Waals surface area contributed by atoms with Crippen LogP contribution in [0.2, 0.25) is 0 Å². The van der Waals surface area contributed by atoms with Gasteiger partial charge in [0, 0.05) is 5.92 Å². The van der Waals surface area contributed by atoms with Gasteiger partial charge in [-0.1, -0.05) is 19.9 Å². The van der Waals surface area contributed by atoms with Crippen molar-refractivity contribution in [1.82, 2.24) is 0 Å². The van der Waals surface area contributed by atoms with E-state index in [9.17, 15) is 9.90 Å². The van der Waals surface area contributed by atoms with Crippen LogP contribution >= 0.6 is 0 Å². The first-order valence-electron chi connectivity index (χ1n) is 5.31. The first kappa shape index (κ1) is 11.8. The van der Waals surface area contributed by atoms with Gasteiger partial charge in [-0.2, -0.15) is 0 Å². The second kappa shape index (κ2) is 4.47. The third-order valence-electron chi connectivity index (χ3n) is 2.77. The highest BCUT2D eigenvalue weighted by atomic mass is 16.3. The standard InChI is InChI=1S/C13H18O2/c1-5-9(3)12(14)11-7-8(2)6-10(4)13(11)15/h6-7,9,15H,5H2,1-4H3. The number of aromatic hydroxyl groups is 1. The molecular formula is C13H18O2. The van der Waals surface area contributed by atoms with Crippen molar-refractivity contribution in [2.75, 3.05) is 0 Å². The molecular weight excluding hydrogens is 188 g/mol. The molecule has 1 N–H and O–H groups in total. The van der Waals surface area contributed by atoms with Crippen LogP contribution in [0, 0.1) is 19.8 Å². The number of benzene rings is 1. The average molecular weight is 206 g/mol. The molecule has 0 aliphatic rings. The molecule has 1 unspecified atom stereocenters. The highest BCUT2D eigenvalue weighted by Gasteiger charge is 2.18. The molecule has 0 spiro atoms. The molecule has 0 bridgehead atoms. The maximum Gasteiger partial charge on any atom is 0.169 e. The quantitative estimate of drug-likeness (QED) is 0.771. The summed E-state index contributed by atoms with van der Waals surface area (Å²) in [7, 11) is 0. The molecule has 1 atom stereocenters. The highest BCUT2D eigenvalue weighted by Crippen LogP contribution is 2.26. The molecule has 0 fully saturated rings. The third kappa shape index (κ3) is 2.38. The SMILES string of the molecule is CCC(C)C(=O)c1cc(C)cc(C)c1O. The van der Waals surface area contributed by atoms with Crippen LogP contribution in [-0.2, 0) is 0 Å². The molecule has 1 rings (SSSR count). The van der Waals surface area contributed by atoms with E-state index < -0.39 is 0 Å². The van der Waals surface area contributed by atoms with E-state index in [0.717, 1.165) is 17.5 Å². The second-order valence-corrected chi connectivity index (χ2v) is 4.15. The van der Waals surface area contributed by atoms with E-state index >= 15 is 0 Å². The Morgan fingerprint density at radius 2 is 2.00 bits per heavy atom. The van der Waals surface area contributed by atoms with Crippen LogP contribution in [0.3, 0.4) is 0 Å². The summed E-state index contributed by atoms with van der Waals surface area (Å²) in [4.78, 5) is 11.9. The summed E-state index contributed by atoms with van der Waals surface area (Å²) in [6.45, 7) is 7.61. The summed E-state index contributed by atoms with van der Waals surface area (Å²) in [6.07, 6.45) is 0.797.